The lowest BCUT2D eigenvalue weighted by Gasteiger charge is -2.32. The van der Waals surface area contributed by atoms with Gasteiger partial charge < -0.3 is 35.7 Å². The number of hydrogen-bond donors (Lipinski definition) is 4. The molecular weight excluding hydrogens is 508 g/mol. The van der Waals surface area contributed by atoms with Gasteiger partial charge in [0.15, 0.2) is 5.78 Å². The van der Waals surface area contributed by atoms with E-state index in [-0.39, 0.29) is 48.5 Å². The van der Waals surface area contributed by atoms with E-state index in [2.05, 4.69) is 10.6 Å². The largest absolute Gasteiger partial charge is 0.480 e. The third-order valence-electron chi connectivity index (χ3n) is 6.16. The monoisotopic (exact) mass is 560 g/mol. The minimum atomic E-state index is -1.01. The predicted molar refractivity (Wildman–Crippen MR) is 148 cm³/mol. The number of hydrogen-bond acceptors (Lipinski definition) is 9. The highest BCUT2D eigenvalue weighted by Gasteiger charge is 2.30. The van der Waals surface area contributed by atoms with Crippen molar-refractivity contribution in [1.82, 2.24) is 15.5 Å². The number of aliphatic carboxylic acids is 1. The number of carboxylic acid groups (broad SMARTS) is 1. The van der Waals surface area contributed by atoms with E-state index in [0.29, 0.717) is 65.4 Å². The van der Waals surface area contributed by atoms with Gasteiger partial charge in [0.1, 0.15) is 6.04 Å². The molecule has 0 aromatic rings. The molecule has 0 heterocycles. The lowest BCUT2D eigenvalue weighted by atomic mass is 9.97. The summed E-state index contributed by atoms with van der Waals surface area (Å²) in [5, 5.41) is 14.4. The molecule has 228 valence electrons. The Kier molecular flexibility index (Phi) is 20.5. The zero-order valence-corrected chi connectivity index (χ0v) is 24.7. The van der Waals surface area contributed by atoms with Crippen molar-refractivity contribution in [3.63, 3.8) is 0 Å². The van der Waals surface area contributed by atoms with E-state index in [4.69, 9.17) is 25.1 Å². The van der Waals surface area contributed by atoms with Gasteiger partial charge in [-0.15, -0.1) is 0 Å². The molecule has 5 N–H and O–H groups in total. The second kappa shape index (κ2) is 21.7. The first-order valence-corrected chi connectivity index (χ1v) is 13.9. The van der Waals surface area contributed by atoms with Crippen molar-refractivity contribution in [3.05, 3.63) is 0 Å². The molecule has 0 aromatic heterocycles. The number of ketones is 1. The van der Waals surface area contributed by atoms with E-state index < -0.39 is 18.1 Å². The summed E-state index contributed by atoms with van der Waals surface area (Å²) in [6.45, 7) is 12.6. The maximum atomic E-state index is 12.9. The average molecular weight is 561 g/mol. The van der Waals surface area contributed by atoms with E-state index in [1.54, 1.807) is 0 Å². The number of ether oxygens (including phenoxy) is 3. The summed E-state index contributed by atoms with van der Waals surface area (Å²) in [5.41, 5.74) is 5.43. The summed E-state index contributed by atoms with van der Waals surface area (Å²) in [6, 6.07) is -1.72. The van der Waals surface area contributed by atoms with Gasteiger partial charge in [0.2, 0.25) is 11.8 Å². The number of nitrogens with two attached hydrogens (primary N) is 1. The molecule has 3 atom stereocenters. The molecule has 0 aromatic carbocycles. The van der Waals surface area contributed by atoms with E-state index in [0.717, 1.165) is 0 Å². The van der Waals surface area contributed by atoms with Gasteiger partial charge in [-0.1, -0.05) is 27.7 Å². The number of rotatable bonds is 24. The molecular formula is C27H52N4O8. The van der Waals surface area contributed by atoms with Crippen molar-refractivity contribution in [2.75, 3.05) is 59.8 Å². The fourth-order valence-electron chi connectivity index (χ4n) is 3.97. The molecule has 2 amide bonds. The van der Waals surface area contributed by atoms with Gasteiger partial charge in [0.05, 0.1) is 51.7 Å². The molecule has 0 aliphatic heterocycles. The van der Waals surface area contributed by atoms with Crippen LogP contribution in [-0.4, -0.2) is 111 Å². The van der Waals surface area contributed by atoms with Gasteiger partial charge in [-0.2, -0.15) is 0 Å². The third-order valence-corrected chi connectivity index (χ3v) is 6.16. The van der Waals surface area contributed by atoms with Crippen LogP contribution in [0, 0.1) is 11.8 Å². The van der Waals surface area contributed by atoms with Crippen molar-refractivity contribution in [1.29, 1.82) is 0 Å². The van der Waals surface area contributed by atoms with E-state index in [1.165, 1.54) is 6.92 Å². The van der Waals surface area contributed by atoms with Crippen LogP contribution in [0.25, 0.3) is 0 Å². The molecule has 39 heavy (non-hydrogen) atoms. The zero-order valence-electron chi connectivity index (χ0n) is 24.7. The number of nitrogens with zero attached hydrogens (tertiary/aromatic N) is 1. The van der Waals surface area contributed by atoms with Gasteiger partial charge in [-0.05, 0) is 45.1 Å². The van der Waals surface area contributed by atoms with Crippen LogP contribution in [0.2, 0.25) is 0 Å². The number of carbonyl (C=O) groups excluding carboxylic acids is 3. The van der Waals surface area contributed by atoms with Crippen molar-refractivity contribution < 1.29 is 38.5 Å². The Bertz CT molecular complexity index is 720. The molecule has 2 unspecified atom stereocenters. The average Bonchev–Trinajstić information content (AvgIpc) is 2.84. The molecule has 0 spiro atoms. The van der Waals surface area contributed by atoms with Crippen LogP contribution in [-0.2, 0) is 33.4 Å². The number of amides is 2. The highest BCUT2D eigenvalue weighted by molar-refractivity contribution is 5.90. The topological polar surface area (TPSA) is 170 Å². The molecule has 0 saturated carbocycles. The summed E-state index contributed by atoms with van der Waals surface area (Å²) in [7, 11) is 1.87. The second-order valence-electron chi connectivity index (χ2n) is 10.4. The molecule has 0 radical (unpaired) electrons. The summed E-state index contributed by atoms with van der Waals surface area (Å²) >= 11 is 0. The minimum Gasteiger partial charge on any atom is -0.480 e. The summed E-state index contributed by atoms with van der Waals surface area (Å²) in [4.78, 5) is 49.0. The van der Waals surface area contributed by atoms with E-state index >= 15 is 0 Å². The Hall–Kier alpha value is -2.12. The van der Waals surface area contributed by atoms with Crippen LogP contribution in [0.5, 0.6) is 0 Å². The Balaban J connectivity index is 3.86. The highest BCUT2D eigenvalue weighted by Crippen LogP contribution is 2.12. The Morgan fingerprint density at radius 1 is 0.872 bits per heavy atom. The van der Waals surface area contributed by atoms with Crippen LogP contribution < -0.4 is 16.4 Å². The van der Waals surface area contributed by atoms with Crippen LogP contribution in [0.15, 0.2) is 0 Å². The molecule has 0 rings (SSSR count). The quantitative estimate of drug-likeness (QED) is 0.124. The van der Waals surface area contributed by atoms with Crippen LogP contribution in [0.1, 0.15) is 60.3 Å². The molecule has 0 fully saturated rings. The molecule has 12 heteroatoms. The summed E-state index contributed by atoms with van der Waals surface area (Å²) in [6.07, 6.45) is 1.94. The molecule has 0 aliphatic rings. The predicted octanol–water partition coefficient (Wildman–Crippen LogP) is 0.811. The van der Waals surface area contributed by atoms with E-state index in [1.807, 2.05) is 39.6 Å². The number of carbonyl (C=O) groups is 4. The van der Waals surface area contributed by atoms with Crippen LogP contribution in [0.4, 0.5) is 0 Å². The van der Waals surface area contributed by atoms with Crippen molar-refractivity contribution in [2.24, 2.45) is 17.6 Å². The Morgan fingerprint density at radius 2 is 1.44 bits per heavy atom. The van der Waals surface area contributed by atoms with Crippen molar-refractivity contribution in [2.45, 2.75) is 78.4 Å². The zero-order chi connectivity index (χ0) is 29.8. The van der Waals surface area contributed by atoms with Gasteiger partial charge in [0, 0.05) is 19.5 Å². The van der Waals surface area contributed by atoms with Gasteiger partial charge in [-0.25, -0.2) is 0 Å². The molecule has 0 bridgehead atoms. The lowest BCUT2D eigenvalue weighted by Crippen LogP contribution is -2.54. The summed E-state index contributed by atoms with van der Waals surface area (Å²) in [5.74, 6) is -1.24. The first kappa shape index (κ1) is 36.9. The Labute approximate surface area is 233 Å². The number of likely N-dealkylation sites (N-methyl/N-ethyl adjacent to an activating group) is 1. The van der Waals surface area contributed by atoms with E-state index in [9.17, 15) is 19.2 Å². The van der Waals surface area contributed by atoms with Gasteiger partial charge in [0.25, 0.3) is 0 Å². The standard InChI is InChI=1S/C27H52N4O8/c1-19(2)24(21(5)32)30-26(34)25(20(3)4)31(6)12-14-38-16-18-39-17-15-37-13-10-23(33)29-11-8-7-9-22(28)27(35)36/h19-20,22,24-25H,7-18,28H2,1-6H3,(H,29,33)(H,30,34)(H,35,36)/t22?,24-,25?/m0/s1. The molecule has 0 aliphatic carbocycles. The SMILES string of the molecule is CC(=O)[C@@H](NC(=O)C(C(C)C)N(C)CCOCCOCCOCCC(=O)NCCCCC(N)C(=O)O)C(C)C. The second-order valence-corrected chi connectivity index (χ2v) is 10.4. The first-order chi connectivity index (χ1) is 18.4. The van der Waals surface area contributed by atoms with Crippen molar-refractivity contribution in [3.8, 4) is 0 Å². The maximum Gasteiger partial charge on any atom is 0.320 e. The summed E-state index contributed by atoms with van der Waals surface area (Å²) < 4.78 is 16.5. The third kappa shape index (κ3) is 18.0. The fourth-order valence-corrected chi connectivity index (χ4v) is 3.97. The lowest BCUT2D eigenvalue weighted by molar-refractivity contribution is -0.138. The van der Waals surface area contributed by atoms with Crippen molar-refractivity contribution >= 4 is 23.6 Å². The van der Waals surface area contributed by atoms with Gasteiger partial charge >= 0.3 is 5.97 Å². The maximum absolute atomic E-state index is 12.9. The number of carboxylic acids is 1. The normalized spacial score (nSPS) is 13.9. The number of Topliss-reactive ketones (excluding diaryl/α,β-unsaturated/α-hetero) is 1. The van der Waals surface area contributed by atoms with Crippen LogP contribution in [0.3, 0.4) is 0 Å². The molecule has 12 nitrogen and oxygen atoms in total. The first-order valence-electron chi connectivity index (χ1n) is 13.9. The number of unbranched alkanes of at least 4 members (excludes halogenated alkanes) is 1. The van der Waals surface area contributed by atoms with Crippen LogP contribution >= 0.6 is 0 Å². The molecule has 0 saturated heterocycles. The number of nitrogens with one attached hydrogen (secondary N) is 2. The fraction of sp³-hybridized carbons (Fsp3) is 0.852. The highest BCUT2D eigenvalue weighted by atomic mass is 16.5. The van der Waals surface area contributed by atoms with Gasteiger partial charge in [-0.3, -0.25) is 24.1 Å². The minimum absolute atomic E-state index is 0.0256. The smallest absolute Gasteiger partial charge is 0.320 e. The Morgan fingerprint density at radius 3 is 1.95 bits per heavy atom.